The van der Waals surface area contributed by atoms with Crippen molar-refractivity contribution in [3.05, 3.63) is 12.2 Å². The lowest BCUT2D eigenvalue weighted by Crippen LogP contribution is -2.54. The molecular formula is C16H24O3. The summed E-state index contributed by atoms with van der Waals surface area (Å²) in [6.07, 6.45) is 4.62. The Morgan fingerprint density at radius 2 is 2.11 bits per heavy atom. The van der Waals surface area contributed by atoms with Crippen molar-refractivity contribution in [3.63, 3.8) is 0 Å². The molecule has 6 atom stereocenters. The van der Waals surface area contributed by atoms with Crippen LogP contribution < -0.4 is 0 Å². The second kappa shape index (κ2) is 4.93. The molecule has 3 aliphatic rings. The zero-order valence-electron chi connectivity index (χ0n) is 11.9. The van der Waals surface area contributed by atoms with Crippen molar-refractivity contribution in [2.75, 3.05) is 13.7 Å². The Bertz CT molecular complexity index is 389. The largest absolute Gasteiger partial charge is 0.469 e. The highest BCUT2D eigenvalue weighted by molar-refractivity contribution is 5.73. The highest BCUT2D eigenvalue weighted by Crippen LogP contribution is 2.53. The number of carbonyl (C=O) groups excluding carboxylic acids is 1. The summed E-state index contributed by atoms with van der Waals surface area (Å²) >= 11 is 0. The van der Waals surface area contributed by atoms with Crippen LogP contribution in [0, 0.1) is 29.6 Å². The number of hydrogen-bond donors (Lipinski definition) is 0. The van der Waals surface area contributed by atoms with Crippen LogP contribution in [0.5, 0.6) is 0 Å². The lowest BCUT2D eigenvalue weighted by molar-refractivity contribution is -0.170. The van der Waals surface area contributed by atoms with E-state index in [4.69, 9.17) is 9.47 Å². The van der Waals surface area contributed by atoms with Gasteiger partial charge in [-0.1, -0.05) is 13.5 Å². The van der Waals surface area contributed by atoms with E-state index in [2.05, 4.69) is 13.5 Å². The maximum Gasteiger partial charge on any atom is 0.311 e. The van der Waals surface area contributed by atoms with Crippen LogP contribution in [0.4, 0.5) is 0 Å². The lowest BCUT2D eigenvalue weighted by Gasteiger charge is -2.53. The summed E-state index contributed by atoms with van der Waals surface area (Å²) in [5.74, 6) is 2.34. The first-order valence-electron chi connectivity index (χ1n) is 7.50. The van der Waals surface area contributed by atoms with E-state index in [1.54, 1.807) is 0 Å². The van der Waals surface area contributed by atoms with Gasteiger partial charge < -0.3 is 9.47 Å². The van der Waals surface area contributed by atoms with Crippen LogP contribution in [0.1, 0.15) is 32.6 Å². The molecule has 1 aliphatic heterocycles. The predicted octanol–water partition coefficient (Wildman–Crippen LogP) is 2.80. The van der Waals surface area contributed by atoms with Crippen molar-refractivity contribution >= 4 is 5.97 Å². The first-order chi connectivity index (χ1) is 9.13. The fourth-order valence-electron chi connectivity index (χ4n) is 4.70. The maximum atomic E-state index is 12.0. The second-order valence-electron chi connectivity index (χ2n) is 6.54. The number of hydrogen-bond acceptors (Lipinski definition) is 3. The summed E-state index contributed by atoms with van der Waals surface area (Å²) in [4.78, 5) is 12.0. The van der Waals surface area contributed by atoms with E-state index < -0.39 is 0 Å². The van der Waals surface area contributed by atoms with Crippen molar-refractivity contribution in [1.29, 1.82) is 0 Å². The van der Waals surface area contributed by atoms with Crippen molar-refractivity contribution in [2.24, 2.45) is 29.6 Å². The molecule has 0 N–H and O–H groups in total. The molecule has 0 aromatic heterocycles. The molecular weight excluding hydrogens is 240 g/mol. The number of esters is 1. The van der Waals surface area contributed by atoms with Gasteiger partial charge in [0.1, 0.15) is 0 Å². The predicted molar refractivity (Wildman–Crippen MR) is 72.5 cm³/mol. The van der Waals surface area contributed by atoms with Gasteiger partial charge in [-0.25, -0.2) is 0 Å². The molecule has 106 valence electrons. The number of methoxy groups -OCH3 is 1. The Morgan fingerprint density at radius 1 is 1.32 bits per heavy atom. The molecule has 0 amide bonds. The van der Waals surface area contributed by atoms with Gasteiger partial charge in [-0.2, -0.15) is 0 Å². The minimum Gasteiger partial charge on any atom is -0.469 e. The zero-order valence-corrected chi connectivity index (χ0v) is 11.9. The third kappa shape index (κ3) is 2.03. The van der Waals surface area contributed by atoms with Crippen LogP contribution in [0.25, 0.3) is 0 Å². The van der Waals surface area contributed by atoms with E-state index in [0.717, 1.165) is 18.8 Å². The molecule has 0 unspecified atom stereocenters. The molecule has 3 rings (SSSR count). The standard InChI is InChI=1S/C16H24O3/c1-9-4-5-12-10(2)8-19-15-13(16(17)18-3)7-6-11(9)14(12)15/h9,11-15H,2,4-8H2,1,3H3/t9-,11-,12+,13+,14-,15-/m1/s1. The Morgan fingerprint density at radius 3 is 2.84 bits per heavy atom. The first-order valence-corrected chi connectivity index (χ1v) is 7.50. The lowest BCUT2D eigenvalue weighted by atomic mass is 9.56. The Labute approximate surface area is 115 Å². The van der Waals surface area contributed by atoms with Crippen LogP contribution in [0.2, 0.25) is 0 Å². The van der Waals surface area contributed by atoms with Crippen LogP contribution in [-0.2, 0) is 14.3 Å². The quantitative estimate of drug-likeness (QED) is 0.539. The Kier molecular flexibility index (Phi) is 3.42. The molecule has 0 bridgehead atoms. The normalized spacial score (nSPS) is 45.5. The smallest absolute Gasteiger partial charge is 0.311 e. The van der Waals surface area contributed by atoms with Crippen LogP contribution in [0.3, 0.4) is 0 Å². The van der Waals surface area contributed by atoms with Crippen molar-refractivity contribution in [2.45, 2.75) is 38.7 Å². The topological polar surface area (TPSA) is 35.5 Å². The van der Waals surface area contributed by atoms with Gasteiger partial charge in [0.05, 0.1) is 25.7 Å². The Balaban J connectivity index is 1.89. The van der Waals surface area contributed by atoms with Crippen LogP contribution in [-0.4, -0.2) is 25.8 Å². The van der Waals surface area contributed by atoms with Gasteiger partial charge in [0.2, 0.25) is 0 Å². The average molecular weight is 264 g/mol. The summed E-state index contributed by atoms with van der Waals surface area (Å²) in [6.45, 7) is 7.18. The number of carbonyl (C=O) groups is 1. The van der Waals surface area contributed by atoms with Gasteiger partial charge in [0.25, 0.3) is 0 Å². The molecule has 3 nitrogen and oxygen atoms in total. The van der Waals surface area contributed by atoms with Gasteiger partial charge >= 0.3 is 5.97 Å². The highest BCUT2D eigenvalue weighted by Gasteiger charge is 2.52. The zero-order chi connectivity index (χ0) is 13.6. The minimum absolute atomic E-state index is 0.0597. The molecule has 1 heterocycles. The molecule has 19 heavy (non-hydrogen) atoms. The third-order valence-electron chi connectivity index (χ3n) is 5.70. The third-order valence-corrected chi connectivity index (χ3v) is 5.70. The summed E-state index contributed by atoms with van der Waals surface area (Å²) in [6, 6.07) is 0. The average Bonchev–Trinajstić information content (AvgIpc) is 2.43. The molecule has 2 saturated carbocycles. The molecule has 2 aliphatic carbocycles. The summed E-state index contributed by atoms with van der Waals surface area (Å²) in [7, 11) is 1.48. The molecule has 0 radical (unpaired) electrons. The van der Waals surface area contributed by atoms with Gasteiger partial charge in [-0.05, 0) is 54.9 Å². The Hall–Kier alpha value is -0.830. The summed E-state index contributed by atoms with van der Waals surface area (Å²) < 4.78 is 11.0. The van der Waals surface area contributed by atoms with E-state index in [-0.39, 0.29) is 18.0 Å². The number of ether oxygens (including phenoxy) is 2. The van der Waals surface area contributed by atoms with E-state index in [1.165, 1.54) is 25.5 Å². The summed E-state index contributed by atoms with van der Waals surface area (Å²) in [5.41, 5.74) is 1.24. The van der Waals surface area contributed by atoms with Crippen LogP contribution >= 0.6 is 0 Å². The molecule has 0 aromatic carbocycles. The minimum atomic E-state index is -0.0899. The van der Waals surface area contributed by atoms with Gasteiger partial charge in [0, 0.05) is 0 Å². The van der Waals surface area contributed by atoms with Crippen molar-refractivity contribution in [3.8, 4) is 0 Å². The fourth-order valence-corrected chi connectivity index (χ4v) is 4.70. The molecule has 3 heteroatoms. The molecule has 3 fully saturated rings. The van der Waals surface area contributed by atoms with Gasteiger partial charge in [-0.15, -0.1) is 0 Å². The van der Waals surface area contributed by atoms with E-state index in [0.29, 0.717) is 24.4 Å². The molecule has 0 spiro atoms. The van der Waals surface area contributed by atoms with Crippen molar-refractivity contribution < 1.29 is 14.3 Å². The fraction of sp³-hybridized carbons (Fsp3) is 0.812. The monoisotopic (exact) mass is 264 g/mol. The van der Waals surface area contributed by atoms with Gasteiger partial charge in [0.15, 0.2) is 0 Å². The molecule has 0 aromatic rings. The van der Waals surface area contributed by atoms with E-state index in [9.17, 15) is 4.79 Å². The van der Waals surface area contributed by atoms with Crippen molar-refractivity contribution in [1.82, 2.24) is 0 Å². The van der Waals surface area contributed by atoms with E-state index >= 15 is 0 Å². The highest BCUT2D eigenvalue weighted by atomic mass is 16.5. The van der Waals surface area contributed by atoms with Gasteiger partial charge in [-0.3, -0.25) is 4.79 Å². The van der Waals surface area contributed by atoms with E-state index in [1.807, 2.05) is 0 Å². The summed E-state index contributed by atoms with van der Waals surface area (Å²) in [5, 5.41) is 0. The SMILES string of the molecule is C=C1CO[C@H]2[C@@H]3[C@H](CC[C@@H]2C(=O)OC)[C@H](C)CC[C@@H]13. The number of rotatable bonds is 1. The second-order valence-corrected chi connectivity index (χ2v) is 6.54. The maximum absolute atomic E-state index is 12.0. The van der Waals surface area contributed by atoms with Crippen LogP contribution in [0.15, 0.2) is 12.2 Å². The molecule has 1 saturated heterocycles. The first kappa shape index (κ1) is 13.2.